The third-order valence-electron chi connectivity index (χ3n) is 3.99. The van der Waals surface area contributed by atoms with E-state index >= 15 is 0 Å². The fourth-order valence-electron chi connectivity index (χ4n) is 2.82. The van der Waals surface area contributed by atoms with E-state index in [0.717, 1.165) is 10.9 Å². The number of aromatic nitrogens is 3. The van der Waals surface area contributed by atoms with Gasteiger partial charge in [-0.05, 0) is 17.5 Å². The second-order valence-corrected chi connectivity index (χ2v) is 6.61. The van der Waals surface area contributed by atoms with Crippen LogP contribution in [0.5, 0.6) is 0 Å². The average Bonchev–Trinajstić information content (AvgIpc) is 3.31. The zero-order chi connectivity index (χ0) is 16.5. The Bertz CT molecular complexity index is 997. The summed E-state index contributed by atoms with van der Waals surface area (Å²) >= 11 is 1.67. The highest BCUT2D eigenvalue weighted by Gasteiger charge is 2.15. The molecule has 0 spiro atoms. The maximum absolute atomic E-state index is 12.7. The van der Waals surface area contributed by atoms with Gasteiger partial charge < -0.3 is 9.88 Å². The van der Waals surface area contributed by atoms with Crippen LogP contribution < -0.4 is 5.32 Å². The monoisotopic (exact) mass is 336 g/mol. The van der Waals surface area contributed by atoms with Crippen molar-refractivity contribution in [3.63, 3.8) is 0 Å². The van der Waals surface area contributed by atoms with E-state index < -0.39 is 0 Å². The molecule has 0 aliphatic carbocycles. The third-order valence-corrected chi connectivity index (χ3v) is 4.85. The van der Waals surface area contributed by atoms with Gasteiger partial charge >= 0.3 is 0 Å². The number of para-hydroxylation sites is 1. The van der Waals surface area contributed by atoms with Gasteiger partial charge in [0.15, 0.2) is 0 Å². The number of fused-ring (bicyclic) bond motifs is 1. The molecule has 4 aromatic rings. The number of carbonyl (C=O) groups is 1. The number of amides is 1. The molecule has 0 fully saturated rings. The van der Waals surface area contributed by atoms with Crippen LogP contribution >= 0.6 is 11.3 Å². The van der Waals surface area contributed by atoms with E-state index in [-0.39, 0.29) is 5.91 Å². The first-order valence-corrected chi connectivity index (χ1v) is 8.50. The van der Waals surface area contributed by atoms with Crippen molar-refractivity contribution >= 4 is 34.0 Å². The molecule has 0 bridgehead atoms. The number of nitrogens with one attached hydrogen (secondary N) is 1. The van der Waals surface area contributed by atoms with Crippen LogP contribution in [0.15, 0.2) is 60.2 Å². The Hall–Kier alpha value is -2.86. The van der Waals surface area contributed by atoms with Gasteiger partial charge in [-0.15, -0.1) is 11.3 Å². The Kier molecular flexibility index (Phi) is 3.66. The van der Waals surface area contributed by atoms with Crippen LogP contribution in [-0.4, -0.2) is 20.3 Å². The highest BCUT2D eigenvalue weighted by atomic mass is 32.1. The minimum Gasteiger partial charge on any atom is -0.350 e. The molecular weight excluding hydrogens is 320 g/mol. The first kappa shape index (κ1) is 14.7. The van der Waals surface area contributed by atoms with E-state index in [9.17, 15) is 4.79 Å². The van der Waals surface area contributed by atoms with E-state index in [1.807, 2.05) is 59.6 Å². The van der Waals surface area contributed by atoms with Crippen molar-refractivity contribution in [1.82, 2.24) is 14.3 Å². The first-order valence-electron chi connectivity index (χ1n) is 7.62. The predicted octanol–water partition coefficient (Wildman–Crippen LogP) is 3.74. The molecule has 24 heavy (non-hydrogen) atoms. The molecule has 4 rings (SSSR count). The molecule has 120 valence electrons. The van der Waals surface area contributed by atoms with E-state index in [4.69, 9.17) is 0 Å². The summed E-state index contributed by atoms with van der Waals surface area (Å²) in [6.45, 7) is 0.649. The van der Waals surface area contributed by atoms with Crippen molar-refractivity contribution < 1.29 is 4.79 Å². The Balaban J connectivity index is 1.61. The van der Waals surface area contributed by atoms with Crippen molar-refractivity contribution in [2.24, 2.45) is 7.05 Å². The molecule has 0 aliphatic heterocycles. The molecule has 3 heterocycles. The molecule has 0 aliphatic rings. The lowest BCUT2D eigenvalue weighted by atomic mass is 10.1. The van der Waals surface area contributed by atoms with Crippen molar-refractivity contribution in [2.45, 2.75) is 6.54 Å². The summed E-state index contributed by atoms with van der Waals surface area (Å²) in [7, 11) is 1.94. The van der Waals surface area contributed by atoms with Crippen LogP contribution in [0.4, 0.5) is 5.82 Å². The lowest BCUT2D eigenvalue weighted by molar-refractivity contribution is 0.102. The zero-order valence-electron chi connectivity index (χ0n) is 13.1. The van der Waals surface area contributed by atoms with Gasteiger partial charge in [-0.25, -0.2) is 4.68 Å². The van der Waals surface area contributed by atoms with Gasteiger partial charge in [-0.2, -0.15) is 5.10 Å². The summed E-state index contributed by atoms with van der Waals surface area (Å²) < 4.78 is 3.77. The lowest BCUT2D eigenvalue weighted by Crippen LogP contribution is -2.15. The van der Waals surface area contributed by atoms with Crippen molar-refractivity contribution in [3.8, 4) is 0 Å². The van der Waals surface area contributed by atoms with Crippen LogP contribution in [0.3, 0.4) is 0 Å². The van der Waals surface area contributed by atoms with Crippen molar-refractivity contribution in [2.75, 3.05) is 5.32 Å². The summed E-state index contributed by atoms with van der Waals surface area (Å²) in [6, 6.07) is 13.8. The zero-order valence-corrected chi connectivity index (χ0v) is 14.0. The fraction of sp³-hybridized carbons (Fsp3) is 0.111. The number of hydrogen-bond donors (Lipinski definition) is 1. The minimum absolute atomic E-state index is 0.125. The fourth-order valence-corrected chi connectivity index (χ4v) is 3.51. The smallest absolute Gasteiger partial charge is 0.258 e. The van der Waals surface area contributed by atoms with Gasteiger partial charge in [0.05, 0.1) is 18.3 Å². The van der Waals surface area contributed by atoms with Crippen molar-refractivity contribution in [1.29, 1.82) is 0 Å². The largest absolute Gasteiger partial charge is 0.350 e. The molecule has 3 aromatic heterocycles. The third kappa shape index (κ3) is 2.61. The SMILES string of the molecule is Cn1cc(C(=O)Nc2ccnn2Cc2cccs2)c2ccccc21. The standard InChI is InChI=1S/C18H16N4OS/c1-21-12-15(14-6-2-3-7-16(14)21)18(23)20-17-8-9-19-22(17)11-13-5-4-10-24-13/h2-10,12H,11H2,1H3,(H,20,23). The number of anilines is 1. The van der Waals surface area contributed by atoms with Gasteiger partial charge in [0.25, 0.3) is 5.91 Å². The highest BCUT2D eigenvalue weighted by Crippen LogP contribution is 2.22. The molecular formula is C18H16N4OS. The van der Waals surface area contributed by atoms with Gasteiger partial charge in [-0.3, -0.25) is 4.79 Å². The van der Waals surface area contributed by atoms with Crippen LogP contribution in [0.25, 0.3) is 10.9 Å². The van der Waals surface area contributed by atoms with E-state index in [1.54, 1.807) is 22.2 Å². The summed E-state index contributed by atoms with van der Waals surface area (Å²) in [5.74, 6) is 0.570. The number of thiophene rings is 1. The molecule has 0 saturated heterocycles. The molecule has 6 heteroatoms. The number of carbonyl (C=O) groups excluding carboxylic acids is 1. The summed E-state index contributed by atoms with van der Waals surface area (Å²) in [4.78, 5) is 13.9. The second kappa shape index (κ2) is 5.98. The Morgan fingerprint density at radius 2 is 2.08 bits per heavy atom. The average molecular weight is 336 g/mol. The highest BCUT2D eigenvalue weighted by molar-refractivity contribution is 7.09. The number of rotatable bonds is 4. The number of nitrogens with zero attached hydrogens (tertiary/aromatic N) is 3. The van der Waals surface area contributed by atoms with Crippen LogP contribution in [-0.2, 0) is 13.6 Å². The number of hydrogen-bond acceptors (Lipinski definition) is 3. The maximum Gasteiger partial charge on any atom is 0.258 e. The predicted molar refractivity (Wildman–Crippen MR) is 96.5 cm³/mol. The number of aryl methyl sites for hydroxylation is 1. The number of benzene rings is 1. The van der Waals surface area contributed by atoms with Crippen LogP contribution in [0.2, 0.25) is 0 Å². The van der Waals surface area contributed by atoms with E-state index in [1.165, 1.54) is 4.88 Å². The quantitative estimate of drug-likeness (QED) is 0.617. The molecule has 0 unspecified atom stereocenters. The lowest BCUT2D eigenvalue weighted by Gasteiger charge is -2.07. The summed E-state index contributed by atoms with van der Waals surface area (Å²) in [6.07, 6.45) is 3.56. The second-order valence-electron chi connectivity index (χ2n) is 5.58. The van der Waals surface area contributed by atoms with Gasteiger partial charge in [0.2, 0.25) is 0 Å². The van der Waals surface area contributed by atoms with Crippen molar-refractivity contribution in [3.05, 3.63) is 70.7 Å². The molecule has 1 aromatic carbocycles. The van der Waals surface area contributed by atoms with Gasteiger partial charge in [0.1, 0.15) is 5.82 Å². The van der Waals surface area contributed by atoms with Gasteiger partial charge in [-0.1, -0.05) is 24.3 Å². The Morgan fingerprint density at radius 1 is 1.21 bits per heavy atom. The molecule has 0 radical (unpaired) electrons. The van der Waals surface area contributed by atoms with E-state index in [0.29, 0.717) is 17.9 Å². The Morgan fingerprint density at radius 3 is 2.92 bits per heavy atom. The minimum atomic E-state index is -0.125. The normalized spacial score (nSPS) is 11.0. The molecule has 1 amide bonds. The summed E-state index contributed by atoms with van der Waals surface area (Å²) in [5.41, 5.74) is 1.70. The summed E-state index contributed by atoms with van der Waals surface area (Å²) in [5, 5.41) is 10.3. The molecule has 0 saturated carbocycles. The van der Waals surface area contributed by atoms with Crippen LogP contribution in [0.1, 0.15) is 15.2 Å². The van der Waals surface area contributed by atoms with Gasteiger partial charge in [0, 0.05) is 35.1 Å². The molecule has 5 nitrogen and oxygen atoms in total. The first-order chi connectivity index (χ1) is 11.7. The molecule has 0 atom stereocenters. The molecule has 1 N–H and O–H groups in total. The topological polar surface area (TPSA) is 51.9 Å². The van der Waals surface area contributed by atoms with Crippen LogP contribution in [0, 0.1) is 0 Å². The maximum atomic E-state index is 12.7. The Labute approximate surface area is 143 Å². The van der Waals surface area contributed by atoms with E-state index in [2.05, 4.69) is 16.5 Å².